The molecular weight excluding hydrogens is 606 g/mol. The van der Waals surface area contributed by atoms with Crippen molar-refractivity contribution in [1.82, 2.24) is 26.2 Å². The van der Waals surface area contributed by atoms with Crippen molar-refractivity contribution in [3.63, 3.8) is 0 Å². The Balaban J connectivity index is 1.86. The number of benzene rings is 1. The maximum Gasteiger partial charge on any atom is 0.303 e. The first kappa shape index (κ1) is 37.5. The van der Waals surface area contributed by atoms with Gasteiger partial charge in [0.1, 0.15) is 18.1 Å². The van der Waals surface area contributed by atoms with Crippen LogP contribution in [0.5, 0.6) is 0 Å². The lowest BCUT2D eigenvalue weighted by Crippen LogP contribution is -2.54. The Morgan fingerprint density at radius 3 is 2.31 bits per heavy atom. The van der Waals surface area contributed by atoms with E-state index in [1.165, 1.54) is 4.90 Å². The zero-order chi connectivity index (χ0) is 33.0. The predicted molar refractivity (Wildman–Crippen MR) is 167 cm³/mol. The summed E-state index contributed by atoms with van der Waals surface area (Å²) in [4.78, 5) is 74.4. The number of ether oxygens (including phenoxy) is 2. The molecule has 14 nitrogen and oxygen atoms in total. The molecule has 5 N–H and O–H groups in total. The molecule has 0 bridgehead atoms. The number of nitrogens with one attached hydrogen (secondary N) is 4. The van der Waals surface area contributed by atoms with E-state index in [4.69, 9.17) is 14.6 Å². The standard InChI is InChI=1S/C30H45N5O9S/c1-21-18-24(34-28(40)23(33-20-36)10-17-45-2)30(42)35(21)25(19-22-6-4-3-5-7-22)29(41)32-12-14-44-16-15-43-13-11-31-26(37)8-9-27(38)39/h3-7,20-21,23-25H,8-19H2,1-2H3,(H,31,37)(H,32,41)(H,33,36)(H,34,40)(H,38,39)/t21?,23-,24?,25-/m0/s1. The van der Waals surface area contributed by atoms with Crippen molar-refractivity contribution in [2.45, 2.75) is 63.2 Å². The number of carboxylic acid groups (broad SMARTS) is 1. The summed E-state index contributed by atoms with van der Waals surface area (Å²) < 4.78 is 10.9. The van der Waals surface area contributed by atoms with Crippen LogP contribution in [0.1, 0.15) is 38.2 Å². The fourth-order valence-corrected chi connectivity index (χ4v) is 5.30. The molecule has 0 aliphatic carbocycles. The molecule has 1 aliphatic rings. The first-order valence-electron chi connectivity index (χ1n) is 14.9. The van der Waals surface area contributed by atoms with Crippen LogP contribution in [0.3, 0.4) is 0 Å². The van der Waals surface area contributed by atoms with Gasteiger partial charge < -0.3 is 40.7 Å². The minimum Gasteiger partial charge on any atom is -0.481 e. The largest absolute Gasteiger partial charge is 0.481 e. The number of hydrogen-bond acceptors (Lipinski definition) is 9. The highest BCUT2D eigenvalue weighted by molar-refractivity contribution is 7.98. The first-order chi connectivity index (χ1) is 21.7. The van der Waals surface area contributed by atoms with E-state index in [0.717, 1.165) is 5.56 Å². The lowest BCUT2D eigenvalue weighted by atomic mass is 10.0. The lowest BCUT2D eigenvalue weighted by Gasteiger charge is -2.31. The molecule has 5 amide bonds. The van der Waals surface area contributed by atoms with E-state index >= 15 is 0 Å². The van der Waals surface area contributed by atoms with Crippen LogP contribution in [-0.4, -0.2) is 122 Å². The Morgan fingerprint density at radius 2 is 1.69 bits per heavy atom. The SMILES string of the molecule is CSCC[C@H](NC=O)C(=O)NC1CC(C)N([C@@H](Cc2ccccc2)C(=O)NCCOCCOCCNC(=O)CCC(=O)O)C1=O. The second kappa shape index (κ2) is 21.1. The third kappa shape index (κ3) is 13.9. The minimum atomic E-state index is -1.03. The number of nitrogens with zero attached hydrogens (tertiary/aromatic N) is 1. The number of carboxylic acids is 1. The summed E-state index contributed by atoms with van der Waals surface area (Å²) in [5.74, 6) is -1.86. The van der Waals surface area contributed by atoms with E-state index in [9.17, 15) is 28.8 Å². The highest BCUT2D eigenvalue weighted by Crippen LogP contribution is 2.24. The molecule has 1 heterocycles. The molecule has 2 unspecified atom stereocenters. The van der Waals surface area contributed by atoms with Crippen molar-refractivity contribution in [1.29, 1.82) is 0 Å². The number of carbonyl (C=O) groups excluding carboxylic acids is 5. The number of likely N-dealkylation sites (tertiary alicyclic amines) is 1. The van der Waals surface area contributed by atoms with Gasteiger partial charge in [-0.2, -0.15) is 11.8 Å². The van der Waals surface area contributed by atoms with Gasteiger partial charge in [-0.05, 0) is 37.3 Å². The van der Waals surface area contributed by atoms with Crippen LogP contribution in [0.25, 0.3) is 0 Å². The van der Waals surface area contributed by atoms with Crippen molar-refractivity contribution in [3.05, 3.63) is 35.9 Å². The van der Waals surface area contributed by atoms with Gasteiger partial charge in [-0.25, -0.2) is 0 Å². The fourth-order valence-electron chi connectivity index (χ4n) is 4.83. The van der Waals surface area contributed by atoms with Crippen molar-refractivity contribution in [2.24, 2.45) is 0 Å². The third-order valence-corrected chi connectivity index (χ3v) is 7.72. The predicted octanol–water partition coefficient (Wildman–Crippen LogP) is -0.299. The molecule has 4 atom stereocenters. The smallest absolute Gasteiger partial charge is 0.303 e. The summed E-state index contributed by atoms with van der Waals surface area (Å²) in [7, 11) is 0. The molecule has 0 radical (unpaired) electrons. The van der Waals surface area contributed by atoms with Crippen LogP contribution in [0.15, 0.2) is 30.3 Å². The van der Waals surface area contributed by atoms with E-state index < -0.39 is 30.0 Å². The van der Waals surface area contributed by atoms with E-state index in [2.05, 4.69) is 21.3 Å². The first-order valence-corrected chi connectivity index (χ1v) is 16.3. The molecule has 1 saturated heterocycles. The molecule has 0 spiro atoms. The molecule has 0 aromatic heterocycles. The molecule has 1 aliphatic heterocycles. The molecule has 45 heavy (non-hydrogen) atoms. The van der Waals surface area contributed by atoms with Gasteiger partial charge in [0.05, 0.1) is 32.8 Å². The van der Waals surface area contributed by atoms with Gasteiger partial charge in [-0.3, -0.25) is 28.8 Å². The summed E-state index contributed by atoms with van der Waals surface area (Å²) in [6.45, 7) is 3.28. The van der Waals surface area contributed by atoms with Gasteiger partial charge in [-0.15, -0.1) is 0 Å². The Labute approximate surface area is 267 Å². The van der Waals surface area contributed by atoms with E-state index in [0.29, 0.717) is 25.0 Å². The Bertz CT molecular complexity index is 1110. The second-order valence-electron chi connectivity index (χ2n) is 10.5. The average Bonchev–Trinajstić information content (AvgIpc) is 3.29. The van der Waals surface area contributed by atoms with Crippen molar-refractivity contribution < 1.29 is 43.3 Å². The van der Waals surface area contributed by atoms with Crippen LogP contribution in [-0.2, 0) is 44.7 Å². The molecular formula is C30H45N5O9S. The van der Waals surface area contributed by atoms with E-state index in [1.54, 1.807) is 11.8 Å². The van der Waals surface area contributed by atoms with Crippen molar-refractivity contribution in [3.8, 4) is 0 Å². The van der Waals surface area contributed by atoms with Gasteiger partial charge in [0.2, 0.25) is 30.0 Å². The van der Waals surface area contributed by atoms with Gasteiger partial charge >= 0.3 is 5.97 Å². The van der Waals surface area contributed by atoms with Gasteiger partial charge in [0.15, 0.2) is 0 Å². The number of rotatable bonds is 23. The van der Waals surface area contributed by atoms with Crippen LogP contribution in [0.4, 0.5) is 0 Å². The molecule has 0 saturated carbocycles. The quantitative estimate of drug-likeness (QED) is 0.0775. The van der Waals surface area contributed by atoms with Gasteiger partial charge in [0, 0.05) is 32.0 Å². The molecule has 1 aromatic carbocycles. The Kier molecular flexibility index (Phi) is 17.6. The van der Waals surface area contributed by atoms with Crippen LogP contribution >= 0.6 is 11.8 Å². The van der Waals surface area contributed by atoms with Crippen LogP contribution < -0.4 is 21.3 Å². The average molecular weight is 652 g/mol. The monoisotopic (exact) mass is 651 g/mol. The van der Waals surface area contributed by atoms with Gasteiger partial charge in [0.25, 0.3) is 0 Å². The number of carbonyl (C=O) groups is 6. The Hall–Kier alpha value is -3.69. The lowest BCUT2D eigenvalue weighted by molar-refractivity contribution is -0.141. The summed E-state index contributed by atoms with van der Waals surface area (Å²) in [6.07, 6.45) is 3.10. The van der Waals surface area contributed by atoms with Crippen LogP contribution in [0.2, 0.25) is 0 Å². The zero-order valence-corrected chi connectivity index (χ0v) is 26.6. The number of aliphatic carboxylic acids is 1. The number of hydrogen-bond donors (Lipinski definition) is 5. The second-order valence-corrected chi connectivity index (χ2v) is 11.5. The fraction of sp³-hybridized carbons (Fsp3) is 0.600. The zero-order valence-electron chi connectivity index (χ0n) is 25.8. The van der Waals surface area contributed by atoms with E-state index in [1.807, 2.05) is 43.5 Å². The summed E-state index contributed by atoms with van der Waals surface area (Å²) in [5, 5.41) is 19.3. The highest BCUT2D eigenvalue weighted by atomic mass is 32.2. The summed E-state index contributed by atoms with van der Waals surface area (Å²) in [6, 6.07) is 6.66. The topological polar surface area (TPSA) is 192 Å². The molecule has 1 fully saturated rings. The third-order valence-electron chi connectivity index (χ3n) is 7.08. The van der Waals surface area contributed by atoms with Gasteiger partial charge in [-0.1, -0.05) is 30.3 Å². The summed E-state index contributed by atoms with van der Waals surface area (Å²) in [5.41, 5.74) is 0.879. The molecule has 1 aromatic rings. The van der Waals surface area contributed by atoms with Crippen LogP contribution in [0, 0.1) is 0 Å². The summed E-state index contributed by atoms with van der Waals surface area (Å²) >= 11 is 1.55. The maximum absolute atomic E-state index is 13.6. The molecule has 15 heteroatoms. The number of thioether (sulfide) groups is 1. The van der Waals surface area contributed by atoms with Crippen molar-refractivity contribution >= 4 is 47.8 Å². The Morgan fingerprint density at radius 1 is 1.02 bits per heavy atom. The number of amides is 5. The maximum atomic E-state index is 13.6. The highest BCUT2D eigenvalue weighted by Gasteiger charge is 2.44. The molecule has 2 rings (SSSR count). The normalized spacial score (nSPS) is 17.3. The van der Waals surface area contributed by atoms with Crippen molar-refractivity contribution in [2.75, 3.05) is 51.5 Å². The van der Waals surface area contributed by atoms with E-state index in [-0.39, 0.29) is 82.5 Å². The minimum absolute atomic E-state index is 0.0859. The molecule has 250 valence electrons.